The molecule has 164 valence electrons. The summed E-state index contributed by atoms with van der Waals surface area (Å²) in [5.41, 5.74) is 0. The van der Waals surface area contributed by atoms with Crippen molar-refractivity contribution in [1.29, 1.82) is 0 Å². The van der Waals surface area contributed by atoms with Gasteiger partial charge in [0, 0.05) is 51.7 Å². The van der Waals surface area contributed by atoms with E-state index < -0.39 is 17.6 Å². The van der Waals surface area contributed by atoms with E-state index in [4.69, 9.17) is 26.6 Å². The maximum Gasteiger partial charge on any atom is 0.500 e. The summed E-state index contributed by atoms with van der Waals surface area (Å²) in [5, 5.41) is 0. The van der Waals surface area contributed by atoms with Crippen LogP contribution in [0.5, 0.6) is 0 Å². The van der Waals surface area contributed by atoms with Gasteiger partial charge in [-0.1, -0.05) is 19.3 Å². The quantitative estimate of drug-likeness (QED) is 0.202. The Bertz CT molecular complexity index is 269. The number of hydrogen-bond acceptors (Lipinski definition) is 6. The minimum atomic E-state index is -2.48. The first kappa shape index (κ1) is 27.2. The van der Waals surface area contributed by atoms with Gasteiger partial charge in [-0.05, 0) is 54.4 Å². The smallest absolute Gasteiger partial charge is 0.374 e. The van der Waals surface area contributed by atoms with Gasteiger partial charge in [-0.3, -0.25) is 0 Å². The van der Waals surface area contributed by atoms with Crippen molar-refractivity contribution in [3.63, 3.8) is 0 Å². The molecule has 0 aromatic rings. The van der Waals surface area contributed by atoms with Gasteiger partial charge >= 0.3 is 17.6 Å². The molecule has 0 fully saturated rings. The standard InChI is InChI=1S/C19H44O6Si2/c1-7-20-26(21-8-2,22-9-3)18-16-14-13-15-17-19-27(23-10-4,24-11-5)25-12-6/h7-19H2,1-6H3. The van der Waals surface area contributed by atoms with Crippen molar-refractivity contribution < 1.29 is 26.6 Å². The summed E-state index contributed by atoms with van der Waals surface area (Å²) >= 11 is 0. The Hall–Kier alpha value is 0.194. The molecule has 0 atom stereocenters. The first-order valence-corrected chi connectivity index (χ1v) is 14.8. The van der Waals surface area contributed by atoms with Crippen LogP contribution in [0.4, 0.5) is 0 Å². The van der Waals surface area contributed by atoms with E-state index in [1.54, 1.807) is 0 Å². The third kappa shape index (κ3) is 11.7. The minimum Gasteiger partial charge on any atom is -0.374 e. The molecule has 0 N–H and O–H groups in total. The van der Waals surface area contributed by atoms with Gasteiger partial charge in [0.15, 0.2) is 0 Å². The van der Waals surface area contributed by atoms with Crippen LogP contribution >= 0.6 is 0 Å². The SMILES string of the molecule is CCO[Si](CCCCCCC[Si](OCC)(OCC)OCC)(OCC)OCC. The summed E-state index contributed by atoms with van der Waals surface area (Å²) in [4.78, 5) is 0. The lowest BCUT2D eigenvalue weighted by atomic mass is 10.2. The maximum atomic E-state index is 5.91. The van der Waals surface area contributed by atoms with Crippen LogP contribution < -0.4 is 0 Å². The zero-order valence-corrected chi connectivity index (χ0v) is 20.6. The molecule has 6 nitrogen and oxygen atoms in total. The van der Waals surface area contributed by atoms with Crippen molar-refractivity contribution in [2.45, 2.75) is 85.7 Å². The summed E-state index contributed by atoms with van der Waals surface area (Å²) in [6.07, 6.45) is 5.67. The molecule has 27 heavy (non-hydrogen) atoms. The Kier molecular flexibility index (Phi) is 17.2. The van der Waals surface area contributed by atoms with Crippen LogP contribution in [-0.2, 0) is 26.6 Å². The Morgan fingerprint density at radius 3 is 0.815 bits per heavy atom. The molecule has 0 heterocycles. The molecular weight excluding hydrogens is 380 g/mol. The van der Waals surface area contributed by atoms with Crippen molar-refractivity contribution in [1.82, 2.24) is 0 Å². The fourth-order valence-corrected chi connectivity index (χ4v) is 8.59. The molecular formula is C19H44O6Si2. The molecule has 0 aliphatic rings. The third-order valence-corrected chi connectivity index (χ3v) is 10.5. The van der Waals surface area contributed by atoms with Crippen LogP contribution in [0.3, 0.4) is 0 Å². The zero-order chi connectivity index (χ0) is 20.4. The number of rotatable bonds is 20. The summed E-state index contributed by atoms with van der Waals surface area (Å²) in [5.74, 6) is 0. The van der Waals surface area contributed by atoms with E-state index in [2.05, 4.69) is 0 Å². The lowest BCUT2D eigenvalue weighted by molar-refractivity contribution is 0.0703. The summed E-state index contributed by atoms with van der Waals surface area (Å²) < 4.78 is 35.5. The molecule has 0 saturated carbocycles. The molecule has 0 radical (unpaired) electrons. The molecule has 8 heteroatoms. The number of unbranched alkanes of at least 4 members (excludes halogenated alkanes) is 4. The molecule has 0 saturated heterocycles. The van der Waals surface area contributed by atoms with Crippen molar-refractivity contribution in [3.8, 4) is 0 Å². The lowest BCUT2D eigenvalue weighted by Crippen LogP contribution is -2.46. The molecule has 0 aromatic carbocycles. The predicted molar refractivity (Wildman–Crippen MR) is 114 cm³/mol. The van der Waals surface area contributed by atoms with E-state index in [1.165, 1.54) is 6.42 Å². The monoisotopic (exact) mass is 424 g/mol. The number of hydrogen-bond donors (Lipinski definition) is 0. The Labute approximate surface area is 169 Å². The Morgan fingerprint density at radius 1 is 0.370 bits per heavy atom. The molecule has 0 aliphatic carbocycles. The third-order valence-electron chi connectivity index (χ3n) is 4.15. The van der Waals surface area contributed by atoms with E-state index in [-0.39, 0.29) is 0 Å². The predicted octanol–water partition coefficient (Wildman–Crippen LogP) is 5.03. The Morgan fingerprint density at radius 2 is 0.593 bits per heavy atom. The molecule has 0 rings (SSSR count). The van der Waals surface area contributed by atoms with E-state index in [0.29, 0.717) is 39.6 Å². The summed E-state index contributed by atoms with van der Waals surface area (Å²) in [6, 6.07) is 1.80. The molecule has 0 aliphatic heterocycles. The first-order chi connectivity index (χ1) is 13.1. The van der Waals surface area contributed by atoms with Crippen molar-refractivity contribution in [2.24, 2.45) is 0 Å². The fraction of sp³-hybridized carbons (Fsp3) is 1.00. The molecule has 0 bridgehead atoms. The highest BCUT2D eigenvalue weighted by Crippen LogP contribution is 2.23. The van der Waals surface area contributed by atoms with Crippen molar-refractivity contribution in [2.75, 3.05) is 39.6 Å². The van der Waals surface area contributed by atoms with Crippen LogP contribution in [0.1, 0.15) is 73.6 Å². The zero-order valence-electron chi connectivity index (χ0n) is 18.6. The van der Waals surface area contributed by atoms with Gasteiger partial charge in [0.05, 0.1) is 0 Å². The first-order valence-electron chi connectivity index (χ1n) is 10.9. The molecule has 0 aromatic heterocycles. The normalized spacial score (nSPS) is 12.7. The van der Waals surface area contributed by atoms with Gasteiger partial charge in [0.25, 0.3) is 0 Å². The van der Waals surface area contributed by atoms with Crippen molar-refractivity contribution in [3.05, 3.63) is 0 Å². The Balaban J connectivity index is 4.24. The van der Waals surface area contributed by atoms with Gasteiger partial charge in [-0.15, -0.1) is 0 Å². The highest BCUT2D eigenvalue weighted by molar-refractivity contribution is 6.61. The van der Waals surface area contributed by atoms with Gasteiger partial charge in [0.2, 0.25) is 0 Å². The summed E-state index contributed by atoms with van der Waals surface area (Å²) in [6.45, 7) is 15.9. The van der Waals surface area contributed by atoms with Gasteiger partial charge in [-0.2, -0.15) is 0 Å². The van der Waals surface area contributed by atoms with Crippen molar-refractivity contribution >= 4 is 17.6 Å². The largest absolute Gasteiger partial charge is 0.500 e. The van der Waals surface area contributed by atoms with Crippen LogP contribution in [0, 0.1) is 0 Å². The fourth-order valence-electron chi connectivity index (χ4n) is 3.22. The van der Waals surface area contributed by atoms with E-state index >= 15 is 0 Å². The average Bonchev–Trinajstić information content (AvgIpc) is 2.62. The highest BCUT2D eigenvalue weighted by atomic mass is 28.4. The topological polar surface area (TPSA) is 55.4 Å². The molecule has 0 amide bonds. The van der Waals surface area contributed by atoms with Crippen LogP contribution in [-0.4, -0.2) is 57.3 Å². The van der Waals surface area contributed by atoms with Gasteiger partial charge in [0.1, 0.15) is 0 Å². The van der Waals surface area contributed by atoms with Gasteiger partial charge in [-0.25, -0.2) is 0 Å². The molecule has 0 spiro atoms. The second-order valence-corrected chi connectivity index (χ2v) is 11.7. The highest BCUT2D eigenvalue weighted by Gasteiger charge is 2.40. The van der Waals surface area contributed by atoms with E-state index in [1.807, 2.05) is 41.5 Å². The van der Waals surface area contributed by atoms with Gasteiger partial charge < -0.3 is 26.6 Å². The second-order valence-electron chi connectivity index (χ2n) is 6.23. The van der Waals surface area contributed by atoms with Crippen LogP contribution in [0.2, 0.25) is 12.1 Å². The summed E-state index contributed by atoms with van der Waals surface area (Å²) in [7, 11) is -4.96. The maximum absolute atomic E-state index is 5.91. The average molecular weight is 425 g/mol. The minimum absolute atomic E-state index is 0.644. The van der Waals surface area contributed by atoms with Crippen LogP contribution in [0.15, 0.2) is 0 Å². The lowest BCUT2D eigenvalue weighted by Gasteiger charge is -2.28. The van der Waals surface area contributed by atoms with Crippen LogP contribution in [0.25, 0.3) is 0 Å². The van der Waals surface area contributed by atoms with E-state index in [9.17, 15) is 0 Å². The van der Waals surface area contributed by atoms with E-state index in [0.717, 1.165) is 37.8 Å². The second kappa shape index (κ2) is 17.1. The molecule has 0 unspecified atom stereocenters.